The Morgan fingerprint density at radius 3 is 2.55 bits per heavy atom. The van der Waals surface area contributed by atoms with E-state index in [-0.39, 0.29) is 16.7 Å². The van der Waals surface area contributed by atoms with Gasteiger partial charge in [0.25, 0.3) is 0 Å². The van der Waals surface area contributed by atoms with Gasteiger partial charge in [0.05, 0.1) is 12.0 Å². The van der Waals surface area contributed by atoms with Gasteiger partial charge in [0, 0.05) is 13.1 Å². The summed E-state index contributed by atoms with van der Waals surface area (Å²) in [6, 6.07) is 3.58. The zero-order chi connectivity index (χ0) is 15.9. The van der Waals surface area contributed by atoms with E-state index in [2.05, 4.69) is 10.1 Å². The fourth-order valence-electron chi connectivity index (χ4n) is 3.17. The molecule has 2 aliphatic heterocycles. The van der Waals surface area contributed by atoms with Crippen molar-refractivity contribution in [3.05, 3.63) is 29.6 Å². The number of carbonyl (C=O) groups excluding carboxylic acids is 1. The number of nitrogens with one attached hydrogen (secondary N) is 1. The highest BCUT2D eigenvalue weighted by Gasteiger charge is 2.42. The molecule has 1 aromatic carbocycles. The topological polar surface area (TPSA) is 75.7 Å². The maximum absolute atomic E-state index is 13.9. The van der Waals surface area contributed by atoms with Gasteiger partial charge in [-0.05, 0) is 37.1 Å². The van der Waals surface area contributed by atoms with Crippen molar-refractivity contribution in [2.45, 2.75) is 4.90 Å². The molecule has 2 aliphatic rings. The van der Waals surface area contributed by atoms with Gasteiger partial charge in [0.1, 0.15) is 11.4 Å². The van der Waals surface area contributed by atoms with Crippen molar-refractivity contribution in [1.82, 2.24) is 9.62 Å². The van der Waals surface area contributed by atoms with Crippen LogP contribution in [0.3, 0.4) is 0 Å². The number of benzene rings is 1. The molecule has 2 atom stereocenters. The Balaban J connectivity index is 2.00. The van der Waals surface area contributed by atoms with Crippen LogP contribution in [0.4, 0.5) is 4.39 Å². The largest absolute Gasteiger partial charge is 0.465 e. The Hall–Kier alpha value is -1.51. The van der Waals surface area contributed by atoms with Crippen LogP contribution in [-0.2, 0) is 14.8 Å². The molecule has 2 fully saturated rings. The molecule has 6 nitrogen and oxygen atoms in total. The van der Waals surface area contributed by atoms with Crippen LogP contribution in [0.2, 0.25) is 0 Å². The van der Waals surface area contributed by atoms with Crippen molar-refractivity contribution >= 4 is 16.0 Å². The average Bonchev–Trinajstić information content (AvgIpc) is 3.07. The quantitative estimate of drug-likeness (QED) is 0.816. The molecule has 22 heavy (non-hydrogen) atoms. The zero-order valence-corrected chi connectivity index (χ0v) is 12.9. The van der Waals surface area contributed by atoms with E-state index < -0.39 is 27.4 Å². The van der Waals surface area contributed by atoms with Gasteiger partial charge in [0.2, 0.25) is 10.0 Å². The van der Waals surface area contributed by atoms with E-state index in [4.69, 9.17) is 0 Å². The van der Waals surface area contributed by atoms with E-state index >= 15 is 0 Å². The molecule has 1 aromatic rings. The van der Waals surface area contributed by atoms with Crippen LogP contribution in [0.1, 0.15) is 10.4 Å². The lowest BCUT2D eigenvalue weighted by Crippen LogP contribution is -2.33. The first-order valence-corrected chi connectivity index (χ1v) is 8.47. The Morgan fingerprint density at radius 2 is 1.95 bits per heavy atom. The Bertz CT molecular complexity index is 695. The molecular formula is C14H17FN2O4S. The number of hydrogen-bond acceptors (Lipinski definition) is 5. The summed E-state index contributed by atoms with van der Waals surface area (Å²) in [5, 5.41) is 3.23. The van der Waals surface area contributed by atoms with Crippen LogP contribution >= 0.6 is 0 Å². The van der Waals surface area contributed by atoms with Gasteiger partial charge in [-0.15, -0.1) is 0 Å². The second-order valence-corrected chi connectivity index (χ2v) is 7.51. The minimum Gasteiger partial charge on any atom is -0.465 e. The van der Waals surface area contributed by atoms with E-state index in [0.29, 0.717) is 13.1 Å². The first-order valence-electron chi connectivity index (χ1n) is 7.03. The minimum absolute atomic E-state index is 0.268. The van der Waals surface area contributed by atoms with E-state index in [9.17, 15) is 17.6 Å². The van der Waals surface area contributed by atoms with Crippen molar-refractivity contribution in [2.75, 3.05) is 33.3 Å². The molecule has 0 saturated carbocycles. The highest BCUT2D eigenvalue weighted by Crippen LogP contribution is 2.32. The summed E-state index contributed by atoms with van der Waals surface area (Å²) in [7, 11) is -2.83. The van der Waals surface area contributed by atoms with Gasteiger partial charge in [-0.3, -0.25) is 0 Å². The maximum Gasteiger partial charge on any atom is 0.342 e. The number of methoxy groups -OCH3 is 1. The lowest BCUT2D eigenvalue weighted by atomic mass is 10.0. The fourth-order valence-corrected chi connectivity index (χ4v) is 4.91. The van der Waals surface area contributed by atoms with E-state index in [1.54, 1.807) is 0 Å². The van der Waals surface area contributed by atoms with Crippen LogP contribution in [0, 0.1) is 17.7 Å². The van der Waals surface area contributed by atoms with Crippen LogP contribution in [0.5, 0.6) is 0 Å². The first kappa shape index (κ1) is 15.4. The number of ether oxygens (including phenoxy) is 1. The lowest BCUT2D eigenvalue weighted by molar-refractivity contribution is 0.0590. The van der Waals surface area contributed by atoms with Crippen molar-refractivity contribution in [2.24, 2.45) is 11.8 Å². The van der Waals surface area contributed by atoms with Crippen LogP contribution in [0.25, 0.3) is 0 Å². The SMILES string of the molecule is COC(=O)c1c(F)cccc1S(=O)(=O)N1C[C@H]2CNC[C@H]2C1. The second-order valence-electron chi connectivity index (χ2n) is 5.60. The Morgan fingerprint density at radius 1 is 1.32 bits per heavy atom. The molecule has 0 aliphatic carbocycles. The summed E-state index contributed by atoms with van der Waals surface area (Å²) in [6.45, 7) is 2.33. The molecule has 0 bridgehead atoms. The third kappa shape index (κ3) is 2.41. The predicted octanol–water partition coefficient (Wildman–Crippen LogP) is 0.452. The first-order chi connectivity index (χ1) is 10.4. The summed E-state index contributed by atoms with van der Waals surface area (Å²) in [4.78, 5) is 11.4. The highest BCUT2D eigenvalue weighted by molar-refractivity contribution is 7.89. The van der Waals surface area contributed by atoms with E-state index in [1.165, 1.54) is 16.4 Å². The zero-order valence-electron chi connectivity index (χ0n) is 12.1. The lowest BCUT2D eigenvalue weighted by Gasteiger charge is -2.19. The third-order valence-corrected chi connectivity index (χ3v) is 6.21. The smallest absolute Gasteiger partial charge is 0.342 e. The molecule has 8 heteroatoms. The Kier molecular flexibility index (Phi) is 3.92. The van der Waals surface area contributed by atoms with Crippen molar-refractivity contribution in [1.29, 1.82) is 0 Å². The molecule has 0 unspecified atom stereocenters. The van der Waals surface area contributed by atoms with Crippen LogP contribution < -0.4 is 5.32 Å². The van der Waals surface area contributed by atoms with Gasteiger partial charge in [0.15, 0.2) is 0 Å². The second kappa shape index (κ2) is 5.60. The molecule has 1 N–H and O–H groups in total. The normalized spacial score (nSPS) is 25.2. The number of fused-ring (bicyclic) bond motifs is 1. The van der Waals surface area contributed by atoms with E-state index in [1.807, 2.05) is 0 Å². The van der Waals surface area contributed by atoms with Gasteiger partial charge < -0.3 is 10.1 Å². The predicted molar refractivity (Wildman–Crippen MR) is 76.3 cm³/mol. The number of rotatable bonds is 3. The molecule has 120 valence electrons. The average molecular weight is 328 g/mol. The molecule has 0 amide bonds. The summed E-state index contributed by atoms with van der Waals surface area (Å²) in [6.07, 6.45) is 0. The summed E-state index contributed by atoms with van der Waals surface area (Å²) < 4.78 is 45.4. The summed E-state index contributed by atoms with van der Waals surface area (Å²) in [5.74, 6) is -1.35. The number of sulfonamides is 1. The number of carbonyl (C=O) groups is 1. The van der Waals surface area contributed by atoms with E-state index in [0.717, 1.165) is 26.3 Å². The highest BCUT2D eigenvalue weighted by atomic mass is 32.2. The van der Waals surface area contributed by atoms with Crippen molar-refractivity contribution in [3.8, 4) is 0 Å². The Labute approximate surface area is 128 Å². The molecule has 0 spiro atoms. The van der Waals surface area contributed by atoms with Crippen molar-refractivity contribution in [3.63, 3.8) is 0 Å². The number of esters is 1. The maximum atomic E-state index is 13.9. The van der Waals surface area contributed by atoms with Crippen molar-refractivity contribution < 1.29 is 22.3 Å². The molecule has 0 aromatic heterocycles. The van der Waals surface area contributed by atoms with Gasteiger partial charge in [-0.25, -0.2) is 17.6 Å². The monoisotopic (exact) mass is 328 g/mol. The number of hydrogen-bond donors (Lipinski definition) is 1. The summed E-state index contributed by atoms with van der Waals surface area (Å²) in [5.41, 5.74) is -0.528. The molecule has 2 saturated heterocycles. The molecule has 2 heterocycles. The minimum atomic E-state index is -3.92. The fraction of sp³-hybridized carbons (Fsp3) is 0.500. The number of halogens is 1. The van der Waals surface area contributed by atoms with Crippen LogP contribution in [0.15, 0.2) is 23.1 Å². The standard InChI is InChI=1S/C14H17FN2O4S/c1-21-14(18)13-11(15)3-2-4-12(13)22(19,20)17-7-9-5-16-6-10(9)8-17/h2-4,9-10,16H,5-8H2,1H3/t9-,10+. The molecule has 3 rings (SSSR count). The molecule has 0 radical (unpaired) electrons. The summed E-state index contributed by atoms with van der Waals surface area (Å²) >= 11 is 0. The van der Waals surface area contributed by atoms with Gasteiger partial charge >= 0.3 is 5.97 Å². The molecular weight excluding hydrogens is 311 g/mol. The van der Waals surface area contributed by atoms with Gasteiger partial charge in [-0.1, -0.05) is 6.07 Å². The number of nitrogens with zero attached hydrogens (tertiary/aromatic N) is 1. The van der Waals surface area contributed by atoms with Gasteiger partial charge in [-0.2, -0.15) is 4.31 Å². The third-order valence-electron chi connectivity index (χ3n) is 4.34. The van der Waals surface area contributed by atoms with Crippen LogP contribution in [-0.4, -0.2) is 52.0 Å².